The molecule has 0 spiro atoms. The van der Waals surface area contributed by atoms with Crippen LogP contribution in [0.4, 0.5) is 0 Å². The predicted molar refractivity (Wildman–Crippen MR) is 116 cm³/mol. The molecule has 0 aliphatic rings. The SMILES string of the molecule is CCOC(=O)COc1ccc(/C=C(/C#N)c2nc3ccc(C)cc3[nH]2)cc1I. The molecule has 0 aliphatic heterocycles. The summed E-state index contributed by atoms with van der Waals surface area (Å²) in [6.07, 6.45) is 1.77. The number of hydrogen-bond acceptors (Lipinski definition) is 5. The van der Waals surface area contributed by atoms with Crippen molar-refractivity contribution in [3.63, 3.8) is 0 Å². The van der Waals surface area contributed by atoms with Crippen LogP contribution in [0.15, 0.2) is 36.4 Å². The highest BCUT2D eigenvalue weighted by atomic mass is 127. The minimum absolute atomic E-state index is 0.138. The third-order valence-electron chi connectivity index (χ3n) is 3.93. The smallest absolute Gasteiger partial charge is 0.344 e. The number of nitrogens with zero attached hydrogens (tertiary/aromatic N) is 2. The quantitative estimate of drug-likeness (QED) is 0.315. The third-order valence-corrected chi connectivity index (χ3v) is 4.77. The number of benzene rings is 2. The van der Waals surface area contributed by atoms with Gasteiger partial charge in [-0.15, -0.1) is 0 Å². The van der Waals surface area contributed by atoms with Crippen molar-refractivity contribution in [2.24, 2.45) is 0 Å². The highest BCUT2D eigenvalue weighted by molar-refractivity contribution is 14.1. The van der Waals surface area contributed by atoms with Crippen molar-refractivity contribution < 1.29 is 14.3 Å². The molecule has 0 aliphatic carbocycles. The number of ether oxygens (including phenoxy) is 2. The lowest BCUT2D eigenvalue weighted by Crippen LogP contribution is -2.14. The largest absolute Gasteiger partial charge is 0.481 e. The summed E-state index contributed by atoms with van der Waals surface area (Å²) in [5.74, 6) is 0.707. The van der Waals surface area contributed by atoms with Crippen molar-refractivity contribution in [2.45, 2.75) is 13.8 Å². The molecule has 3 rings (SSSR count). The van der Waals surface area contributed by atoms with Gasteiger partial charge in [-0.1, -0.05) is 12.1 Å². The molecule has 0 amide bonds. The van der Waals surface area contributed by atoms with Crippen LogP contribution in [-0.4, -0.2) is 29.2 Å². The van der Waals surface area contributed by atoms with Gasteiger partial charge in [-0.05, 0) is 77.9 Å². The van der Waals surface area contributed by atoms with E-state index < -0.39 is 5.97 Å². The standard InChI is InChI=1S/C21H18IN3O3/c1-3-27-20(26)12-28-19-7-5-14(10-16(19)22)9-15(11-23)21-24-17-6-4-13(2)8-18(17)25-21/h4-10H,3,12H2,1-2H3,(H,24,25)/b15-9-. The average molecular weight is 487 g/mol. The lowest BCUT2D eigenvalue weighted by atomic mass is 10.1. The number of aromatic amines is 1. The van der Waals surface area contributed by atoms with E-state index in [0.29, 0.717) is 23.8 Å². The second kappa shape index (κ2) is 8.89. The van der Waals surface area contributed by atoms with Crippen molar-refractivity contribution in [3.05, 3.63) is 56.9 Å². The Hall–Kier alpha value is -2.86. The Kier molecular flexibility index (Phi) is 6.31. The summed E-state index contributed by atoms with van der Waals surface area (Å²) < 4.78 is 11.2. The molecule has 6 nitrogen and oxygen atoms in total. The van der Waals surface area contributed by atoms with Crippen LogP contribution >= 0.6 is 22.6 Å². The summed E-state index contributed by atoms with van der Waals surface area (Å²) in [6, 6.07) is 13.6. The number of imidazole rings is 1. The van der Waals surface area contributed by atoms with Gasteiger partial charge in [0.15, 0.2) is 6.61 Å². The molecule has 0 unspecified atom stereocenters. The fraction of sp³-hybridized carbons (Fsp3) is 0.190. The first kappa shape index (κ1) is 19.9. The van der Waals surface area contributed by atoms with Gasteiger partial charge >= 0.3 is 5.97 Å². The number of halogens is 1. The zero-order chi connectivity index (χ0) is 20.1. The summed E-state index contributed by atoms with van der Waals surface area (Å²) in [5, 5.41) is 9.58. The van der Waals surface area contributed by atoms with Crippen LogP contribution in [0.25, 0.3) is 22.7 Å². The van der Waals surface area contributed by atoms with Crippen LogP contribution in [-0.2, 0) is 9.53 Å². The van der Waals surface area contributed by atoms with Gasteiger partial charge in [0, 0.05) is 0 Å². The van der Waals surface area contributed by atoms with Crippen molar-refractivity contribution in [1.82, 2.24) is 9.97 Å². The minimum atomic E-state index is -0.408. The lowest BCUT2D eigenvalue weighted by molar-refractivity contribution is -0.145. The number of nitriles is 1. The highest BCUT2D eigenvalue weighted by Gasteiger charge is 2.10. The van der Waals surface area contributed by atoms with Crippen molar-refractivity contribution >= 4 is 51.2 Å². The van der Waals surface area contributed by atoms with Gasteiger partial charge in [-0.25, -0.2) is 9.78 Å². The maximum atomic E-state index is 11.4. The number of rotatable bonds is 6. The van der Waals surface area contributed by atoms with Crippen LogP contribution in [0.5, 0.6) is 5.75 Å². The van der Waals surface area contributed by atoms with Gasteiger partial charge < -0.3 is 14.5 Å². The van der Waals surface area contributed by atoms with Gasteiger partial charge in [0.25, 0.3) is 0 Å². The minimum Gasteiger partial charge on any atom is -0.481 e. The molecule has 1 N–H and O–H groups in total. The van der Waals surface area contributed by atoms with Gasteiger partial charge in [0.1, 0.15) is 17.6 Å². The first-order chi connectivity index (χ1) is 13.5. The molecular weight excluding hydrogens is 469 g/mol. The second-order valence-corrected chi connectivity index (χ2v) is 7.22. The van der Waals surface area contributed by atoms with Crippen LogP contribution in [0, 0.1) is 21.8 Å². The molecule has 0 saturated carbocycles. The van der Waals surface area contributed by atoms with E-state index in [1.54, 1.807) is 19.1 Å². The van der Waals surface area contributed by atoms with E-state index in [-0.39, 0.29) is 6.61 Å². The molecule has 142 valence electrons. The zero-order valence-electron chi connectivity index (χ0n) is 15.5. The van der Waals surface area contributed by atoms with Crippen molar-refractivity contribution in [1.29, 1.82) is 5.26 Å². The number of fused-ring (bicyclic) bond motifs is 1. The van der Waals surface area contributed by atoms with Crippen molar-refractivity contribution in [2.75, 3.05) is 13.2 Å². The molecule has 0 atom stereocenters. The van der Waals surface area contributed by atoms with Gasteiger partial charge in [-0.3, -0.25) is 0 Å². The van der Waals surface area contributed by atoms with E-state index in [9.17, 15) is 10.1 Å². The number of H-pyrrole nitrogens is 1. The Bertz CT molecular complexity index is 1100. The number of hydrogen-bond donors (Lipinski definition) is 1. The molecule has 0 fully saturated rings. The average Bonchev–Trinajstić information content (AvgIpc) is 3.08. The van der Waals surface area contributed by atoms with Crippen LogP contribution < -0.4 is 4.74 Å². The molecule has 0 bridgehead atoms. The number of carbonyl (C=O) groups excluding carboxylic acids is 1. The number of allylic oxidation sites excluding steroid dienone is 1. The normalized spacial score (nSPS) is 11.3. The van der Waals surface area contributed by atoms with E-state index in [1.807, 2.05) is 37.3 Å². The van der Waals surface area contributed by atoms with E-state index in [1.165, 1.54) is 0 Å². The second-order valence-electron chi connectivity index (χ2n) is 6.06. The topological polar surface area (TPSA) is 88.0 Å². The fourth-order valence-corrected chi connectivity index (χ4v) is 3.33. The Morgan fingerprint density at radius 3 is 2.86 bits per heavy atom. The Morgan fingerprint density at radius 2 is 2.14 bits per heavy atom. The van der Waals surface area contributed by atoms with E-state index in [4.69, 9.17) is 9.47 Å². The summed E-state index contributed by atoms with van der Waals surface area (Å²) in [6.45, 7) is 3.94. The number of aromatic nitrogens is 2. The van der Waals surface area contributed by atoms with Crippen LogP contribution in [0.1, 0.15) is 23.9 Å². The zero-order valence-corrected chi connectivity index (χ0v) is 17.6. The fourth-order valence-electron chi connectivity index (χ4n) is 2.63. The van der Waals surface area contributed by atoms with Crippen LogP contribution in [0.3, 0.4) is 0 Å². The van der Waals surface area contributed by atoms with Gasteiger partial charge in [0.05, 0.1) is 26.8 Å². The Labute approximate surface area is 176 Å². The number of carbonyl (C=O) groups is 1. The summed E-state index contributed by atoms with van der Waals surface area (Å²) in [4.78, 5) is 19.1. The maximum Gasteiger partial charge on any atom is 0.344 e. The predicted octanol–water partition coefficient (Wildman–Crippen LogP) is 4.48. The first-order valence-corrected chi connectivity index (χ1v) is 9.74. The summed E-state index contributed by atoms with van der Waals surface area (Å²) >= 11 is 2.13. The molecule has 7 heteroatoms. The molecule has 1 aromatic heterocycles. The monoisotopic (exact) mass is 487 g/mol. The molecule has 0 radical (unpaired) electrons. The summed E-state index contributed by atoms with van der Waals surface area (Å²) in [5.41, 5.74) is 4.11. The Morgan fingerprint density at radius 1 is 1.32 bits per heavy atom. The molecule has 3 aromatic rings. The molecule has 28 heavy (non-hydrogen) atoms. The molecular formula is C21H18IN3O3. The van der Waals surface area contributed by atoms with E-state index >= 15 is 0 Å². The van der Waals surface area contributed by atoms with E-state index in [2.05, 4.69) is 38.6 Å². The number of nitrogens with one attached hydrogen (secondary N) is 1. The summed E-state index contributed by atoms with van der Waals surface area (Å²) in [7, 11) is 0. The highest BCUT2D eigenvalue weighted by Crippen LogP contribution is 2.25. The molecule has 0 saturated heterocycles. The van der Waals surface area contributed by atoms with E-state index in [0.717, 1.165) is 25.7 Å². The number of esters is 1. The maximum absolute atomic E-state index is 11.4. The molecule has 1 heterocycles. The van der Waals surface area contributed by atoms with Gasteiger partial charge in [-0.2, -0.15) is 5.26 Å². The number of aryl methyl sites for hydroxylation is 1. The van der Waals surface area contributed by atoms with Crippen LogP contribution in [0.2, 0.25) is 0 Å². The van der Waals surface area contributed by atoms with Gasteiger partial charge in [0.2, 0.25) is 0 Å². The molecule has 2 aromatic carbocycles. The van der Waals surface area contributed by atoms with Crippen molar-refractivity contribution in [3.8, 4) is 11.8 Å². The third kappa shape index (κ3) is 4.70. The Balaban J connectivity index is 1.83. The lowest BCUT2D eigenvalue weighted by Gasteiger charge is -2.08. The first-order valence-electron chi connectivity index (χ1n) is 8.66.